The first-order valence-electron chi connectivity index (χ1n) is 12.3. The number of carbonyl (C=O) groups excluding carboxylic acids is 1. The number of likely N-dealkylation sites (N-methyl/N-ethyl adjacent to an activating group) is 1. The lowest BCUT2D eigenvalue weighted by molar-refractivity contribution is 0.0995. The highest BCUT2D eigenvalue weighted by Crippen LogP contribution is 2.36. The van der Waals surface area contributed by atoms with Gasteiger partial charge in [-0.2, -0.15) is 0 Å². The Balaban J connectivity index is 1.50. The quantitative estimate of drug-likeness (QED) is 0.367. The Labute approximate surface area is 217 Å². The summed E-state index contributed by atoms with van der Waals surface area (Å²) in [5, 5.41) is 7.88. The number of carbonyl (C=O) groups is 1. The highest BCUT2D eigenvalue weighted by atomic mass is 16.5. The van der Waals surface area contributed by atoms with E-state index in [2.05, 4.69) is 59.1 Å². The van der Waals surface area contributed by atoms with E-state index in [9.17, 15) is 4.79 Å². The van der Waals surface area contributed by atoms with Gasteiger partial charge in [-0.15, -0.1) is 5.10 Å². The normalized spacial score (nSPS) is 14.0. The largest absolute Gasteiger partial charge is 0.495 e. The highest BCUT2D eigenvalue weighted by Gasteiger charge is 2.27. The van der Waals surface area contributed by atoms with E-state index in [1.165, 1.54) is 22.4 Å². The van der Waals surface area contributed by atoms with Crippen LogP contribution in [0.4, 0.5) is 17.4 Å². The third-order valence-corrected chi connectivity index (χ3v) is 6.84. The summed E-state index contributed by atoms with van der Waals surface area (Å²) < 4.78 is 11.2. The molecule has 37 heavy (non-hydrogen) atoms. The van der Waals surface area contributed by atoms with Crippen molar-refractivity contribution >= 4 is 23.3 Å². The summed E-state index contributed by atoms with van der Waals surface area (Å²) in [5.41, 5.74) is 6.66. The zero-order chi connectivity index (χ0) is 25.9. The molecular weight excluding hydrogens is 466 g/mol. The predicted molar refractivity (Wildman–Crippen MR) is 145 cm³/mol. The molecule has 1 aromatic heterocycles. The molecule has 1 saturated heterocycles. The molecule has 2 heterocycles. The van der Waals surface area contributed by atoms with Gasteiger partial charge in [0.25, 0.3) is 5.91 Å². The zero-order valence-electron chi connectivity index (χ0n) is 21.6. The lowest BCUT2D eigenvalue weighted by Gasteiger charge is -2.35. The van der Waals surface area contributed by atoms with Crippen molar-refractivity contribution in [2.24, 2.45) is 0 Å². The molecule has 0 N–H and O–H groups in total. The van der Waals surface area contributed by atoms with E-state index in [4.69, 9.17) is 9.15 Å². The third kappa shape index (κ3) is 5.06. The van der Waals surface area contributed by atoms with E-state index in [-0.39, 0.29) is 11.9 Å². The minimum Gasteiger partial charge on any atom is -0.495 e. The number of benzene rings is 3. The summed E-state index contributed by atoms with van der Waals surface area (Å²) in [6, 6.07) is 19.8. The summed E-state index contributed by atoms with van der Waals surface area (Å²) >= 11 is 0. The summed E-state index contributed by atoms with van der Waals surface area (Å²) in [4.78, 5) is 19.9. The molecule has 0 bridgehead atoms. The Morgan fingerprint density at radius 3 is 2.41 bits per heavy atom. The first kappa shape index (κ1) is 24.5. The molecule has 190 valence electrons. The maximum Gasteiger partial charge on any atom is 0.329 e. The summed E-state index contributed by atoms with van der Waals surface area (Å²) in [5.74, 6) is 0.496. The van der Waals surface area contributed by atoms with Gasteiger partial charge >= 0.3 is 6.01 Å². The molecule has 1 aliphatic heterocycles. The third-order valence-electron chi connectivity index (χ3n) is 6.84. The van der Waals surface area contributed by atoms with Gasteiger partial charge in [-0.05, 0) is 67.9 Å². The fraction of sp³-hybridized carbons (Fsp3) is 0.276. The van der Waals surface area contributed by atoms with Crippen LogP contribution in [0.3, 0.4) is 0 Å². The van der Waals surface area contributed by atoms with E-state index in [0.29, 0.717) is 11.3 Å². The predicted octanol–water partition coefficient (Wildman–Crippen LogP) is 5.09. The number of piperazine rings is 1. The van der Waals surface area contributed by atoms with Crippen molar-refractivity contribution in [1.82, 2.24) is 15.1 Å². The Morgan fingerprint density at radius 2 is 1.73 bits per heavy atom. The van der Waals surface area contributed by atoms with Crippen molar-refractivity contribution in [3.63, 3.8) is 0 Å². The van der Waals surface area contributed by atoms with Gasteiger partial charge in [0.2, 0.25) is 6.39 Å². The molecule has 3 aromatic carbocycles. The molecule has 0 aliphatic carbocycles. The molecule has 0 unspecified atom stereocenters. The fourth-order valence-electron chi connectivity index (χ4n) is 4.66. The maximum absolute atomic E-state index is 13.8. The van der Waals surface area contributed by atoms with E-state index < -0.39 is 0 Å². The second-order valence-electron chi connectivity index (χ2n) is 9.40. The van der Waals surface area contributed by atoms with Gasteiger partial charge in [0.05, 0.1) is 18.5 Å². The smallest absolute Gasteiger partial charge is 0.329 e. The standard InChI is InChI=1S/C29H31N5O3/c1-20-5-6-21(2)25(17-20)22-7-9-23(10-8-22)28(35)34(29-31-30-19-37-29)24-11-12-27(36-4)26(18-24)33-15-13-32(3)14-16-33/h5-12,17-19H,13-16H2,1-4H3. The van der Waals surface area contributed by atoms with Crippen LogP contribution >= 0.6 is 0 Å². The van der Waals surface area contributed by atoms with Crippen LogP contribution in [-0.2, 0) is 0 Å². The molecule has 1 fully saturated rings. The topological polar surface area (TPSA) is 74.9 Å². The van der Waals surface area contributed by atoms with Crippen LogP contribution in [-0.4, -0.2) is 61.3 Å². The molecule has 1 amide bonds. The van der Waals surface area contributed by atoms with E-state index in [1.807, 2.05) is 42.5 Å². The second kappa shape index (κ2) is 10.4. The zero-order valence-corrected chi connectivity index (χ0v) is 21.6. The number of ether oxygens (including phenoxy) is 1. The lowest BCUT2D eigenvalue weighted by atomic mass is 9.97. The lowest BCUT2D eigenvalue weighted by Crippen LogP contribution is -2.44. The molecule has 0 radical (unpaired) electrons. The number of hydrogen-bond acceptors (Lipinski definition) is 7. The molecular formula is C29H31N5O3. The van der Waals surface area contributed by atoms with E-state index >= 15 is 0 Å². The van der Waals surface area contributed by atoms with Crippen molar-refractivity contribution < 1.29 is 13.9 Å². The molecule has 8 heteroatoms. The van der Waals surface area contributed by atoms with E-state index in [1.54, 1.807) is 7.11 Å². The van der Waals surface area contributed by atoms with Crippen LogP contribution in [0.2, 0.25) is 0 Å². The second-order valence-corrected chi connectivity index (χ2v) is 9.40. The molecule has 4 aromatic rings. The number of anilines is 3. The summed E-state index contributed by atoms with van der Waals surface area (Å²) in [7, 11) is 3.78. The number of aryl methyl sites for hydroxylation is 2. The number of methoxy groups -OCH3 is 1. The Bertz CT molecular complexity index is 1380. The molecule has 0 spiro atoms. The van der Waals surface area contributed by atoms with Crippen LogP contribution in [0.25, 0.3) is 11.1 Å². The van der Waals surface area contributed by atoms with Crippen molar-refractivity contribution in [2.75, 3.05) is 50.1 Å². The van der Waals surface area contributed by atoms with Crippen molar-refractivity contribution in [3.05, 3.63) is 83.7 Å². The van der Waals surface area contributed by atoms with Crippen LogP contribution in [0.5, 0.6) is 5.75 Å². The van der Waals surface area contributed by atoms with Gasteiger partial charge in [0, 0.05) is 31.7 Å². The van der Waals surface area contributed by atoms with Crippen LogP contribution < -0.4 is 14.5 Å². The molecule has 0 atom stereocenters. The fourth-order valence-corrected chi connectivity index (χ4v) is 4.66. The van der Waals surface area contributed by atoms with Crippen LogP contribution in [0.1, 0.15) is 21.5 Å². The van der Waals surface area contributed by atoms with Gasteiger partial charge in [0.1, 0.15) is 5.75 Å². The maximum atomic E-state index is 13.8. The van der Waals surface area contributed by atoms with Gasteiger partial charge in [-0.25, -0.2) is 4.90 Å². The van der Waals surface area contributed by atoms with Crippen molar-refractivity contribution in [2.45, 2.75) is 13.8 Å². The number of amides is 1. The van der Waals surface area contributed by atoms with Gasteiger partial charge in [-0.3, -0.25) is 4.79 Å². The Hall–Kier alpha value is -4.17. The van der Waals surface area contributed by atoms with Crippen LogP contribution in [0, 0.1) is 13.8 Å². The minimum absolute atomic E-state index is 0.109. The Kier molecular flexibility index (Phi) is 6.92. The number of nitrogens with zero attached hydrogens (tertiary/aromatic N) is 5. The monoisotopic (exact) mass is 497 g/mol. The van der Waals surface area contributed by atoms with Gasteiger partial charge < -0.3 is 19.0 Å². The first-order chi connectivity index (χ1) is 17.9. The minimum atomic E-state index is -0.258. The average Bonchev–Trinajstić information content (AvgIpc) is 3.45. The molecule has 8 nitrogen and oxygen atoms in total. The van der Waals surface area contributed by atoms with Gasteiger partial charge in [-0.1, -0.05) is 41.0 Å². The number of rotatable bonds is 6. The van der Waals surface area contributed by atoms with Crippen LogP contribution in [0.15, 0.2) is 71.5 Å². The number of aromatic nitrogens is 2. The first-order valence-corrected chi connectivity index (χ1v) is 12.3. The summed E-state index contributed by atoms with van der Waals surface area (Å²) in [6.07, 6.45) is 1.23. The van der Waals surface area contributed by atoms with Gasteiger partial charge in [0.15, 0.2) is 0 Å². The number of hydrogen-bond donors (Lipinski definition) is 0. The highest BCUT2D eigenvalue weighted by molar-refractivity contribution is 6.10. The molecule has 0 saturated carbocycles. The van der Waals surface area contributed by atoms with Crippen molar-refractivity contribution in [3.8, 4) is 16.9 Å². The Morgan fingerprint density at radius 1 is 0.973 bits per heavy atom. The SMILES string of the molecule is COc1ccc(N(C(=O)c2ccc(-c3cc(C)ccc3C)cc2)c2nnco2)cc1N1CCN(C)CC1. The average molecular weight is 498 g/mol. The molecule has 5 rings (SSSR count). The van der Waals surface area contributed by atoms with Crippen molar-refractivity contribution in [1.29, 1.82) is 0 Å². The molecule has 1 aliphatic rings. The van der Waals surface area contributed by atoms with E-state index in [0.717, 1.165) is 48.7 Å². The summed E-state index contributed by atoms with van der Waals surface area (Å²) in [6.45, 7) is 7.80.